The third kappa shape index (κ3) is 31.8. The first-order valence-electron chi connectivity index (χ1n) is 22.6. The van der Waals surface area contributed by atoms with E-state index in [2.05, 4.69) is 107 Å². The maximum absolute atomic E-state index is 12.3. The van der Waals surface area contributed by atoms with Crippen molar-refractivity contribution >= 4 is 49.9 Å². The average Bonchev–Trinajstić information content (AvgIpc) is 3.98. The van der Waals surface area contributed by atoms with Gasteiger partial charge in [0.1, 0.15) is 0 Å². The van der Waals surface area contributed by atoms with Crippen LogP contribution < -0.4 is 29.0 Å². The second-order valence-corrected chi connectivity index (χ2v) is 20.7. The molecule has 21 nitrogen and oxygen atoms in total. The molecule has 2 aliphatic heterocycles. The van der Waals surface area contributed by atoms with Gasteiger partial charge in [-0.15, -0.1) is 50.1 Å². The fourth-order valence-corrected chi connectivity index (χ4v) is 5.23. The quantitative estimate of drug-likeness (QED) is 0.133. The van der Waals surface area contributed by atoms with Gasteiger partial charge < -0.3 is 33.9 Å². The summed E-state index contributed by atoms with van der Waals surface area (Å²) in [5, 5.41) is 31.8. The van der Waals surface area contributed by atoms with Gasteiger partial charge in [0.25, 0.3) is 20.1 Å². The summed E-state index contributed by atoms with van der Waals surface area (Å²) in [4.78, 5) is 67.9. The van der Waals surface area contributed by atoms with Crippen molar-refractivity contribution in [2.45, 2.75) is 138 Å². The predicted molar refractivity (Wildman–Crippen MR) is 254 cm³/mol. The van der Waals surface area contributed by atoms with E-state index in [1.54, 1.807) is 17.0 Å². The fraction of sp³-hybridized carbons (Fsp3) is 0.609. The number of nitrogens with zero attached hydrogens (tertiary/aromatic N) is 9. The zero-order valence-corrected chi connectivity index (χ0v) is 43.5. The Morgan fingerprint density at radius 3 is 1.31 bits per heavy atom. The third-order valence-corrected chi connectivity index (χ3v) is 7.64. The highest BCUT2D eigenvalue weighted by Crippen LogP contribution is 2.23. The molecule has 2 aliphatic rings. The van der Waals surface area contributed by atoms with Crippen LogP contribution in [0.15, 0.2) is 12.1 Å². The molecule has 3 aromatic heterocycles. The standard InChI is InChI=1S/C15H21N3O3.C12H16N2O4.C6H6N4O4.C6H10.C4H9N.3CH3.Al/c1-10(2)8-12-9-13(15(20)18-6-4-5-7-18)16-17-14(12)21-11(3)19;1-7(2)5-10-6-11(17-8(3)15)13-14-12(10)18-9(4)16;1-3(11)13-5-7-9-6(10-8-5)14-4(2)12;1-4-5-6(2)3;1-2-4-5-3-1;;;;/h9-10H,4-8H2,1-3H3;6-7H,5H2,1-4H3;1-2H3;1,6H,5H2,2-3H3;5H,1-4H2;3*1H3;. The summed E-state index contributed by atoms with van der Waals surface area (Å²) in [6.07, 6.45) is 12.0. The number of carbonyl (C=O) groups excluding carboxylic acids is 6. The first kappa shape index (κ1) is 62.0. The van der Waals surface area contributed by atoms with Crippen LogP contribution in [0, 0.1) is 30.1 Å². The molecule has 0 aromatic carbocycles. The van der Waals surface area contributed by atoms with Crippen molar-refractivity contribution in [3.05, 3.63) is 29.0 Å². The minimum absolute atomic E-state index is 0.0978. The summed E-state index contributed by atoms with van der Waals surface area (Å²) >= 11 is -0.139. The van der Waals surface area contributed by atoms with Gasteiger partial charge in [-0.25, -0.2) is 0 Å². The third-order valence-electron chi connectivity index (χ3n) is 7.64. The number of nitrogens with one attached hydrogen (secondary N) is 1. The molecule has 0 spiro atoms. The highest BCUT2D eigenvalue weighted by molar-refractivity contribution is 6.54. The van der Waals surface area contributed by atoms with E-state index in [1.807, 2.05) is 13.8 Å². The molecule has 374 valence electrons. The van der Waals surface area contributed by atoms with E-state index in [-0.39, 0.29) is 49.7 Å². The average molecular weight is 967 g/mol. The minimum atomic E-state index is -0.589. The van der Waals surface area contributed by atoms with Crippen molar-refractivity contribution < 1.29 is 52.5 Å². The molecule has 2 saturated heterocycles. The number of terminal acetylenes is 1. The van der Waals surface area contributed by atoms with Gasteiger partial charge in [-0.3, -0.25) is 28.8 Å². The van der Waals surface area contributed by atoms with Crippen LogP contribution in [0.1, 0.15) is 130 Å². The molecule has 5 rings (SSSR count). The van der Waals surface area contributed by atoms with E-state index in [0.717, 1.165) is 37.9 Å². The van der Waals surface area contributed by atoms with Crippen molar-refractivity contribution in [3.63, 3.8) is 0 Å². The summed E-state index contributed by atoms with van der Waals surface area (Å²) in [6, 6.07) is 2.67. The van der Waals surface area contributed by atoms with Crippen molar-refractivity contribution in [1.82, 2.24) is 51.0 Å². The van der Waals surface area contributed by atoms with Crippen LogP contribution in [0.5, 0.6) is 29.7 Å². The SMILES string of the molecule is C#CCC(C)C.C1CCNC1.CC(=O)Oc1cc(CC(C)C)c(OC(C)=O)nn1.CC(=O)Oc1nnc(C(=O)N2CCCC2)cc1CC(C)C.CC(=O)Oc1nnc(OC(C)=O)nn1.[CH3][Al]([CH3])[CH3]. The number of ether oxygens (including phenoxy) is 5. The number of rotatable bonds is 11. The summed E-state index contributed by atoms with van der Waals surface area (Å²) in [7, 11) is 0. The Hall–Kier alpha value is -6.03. The molecule has 0 saturated carbocycles. The number of hydrogen-bond donors (Lipinski definition) is 1. The van der Waals surface area contributed by atoms with Crippen molar-refractivity contribution in [1.29, 1.82) is 0 Å². The van der Waals surface area contributed by atoms with Crippen LogP contribution in [-0.2, 0) is 36.8 Å². The van der Waals surface area contributed by atoms with E-state index in [1.165, 1.54) is 60.5 Å². The number of carbonyl (C=O) groups is 6. The number of esters is 5. The second kappa shape index (κ2) is 35.2. The lowest BCUT2D eigenvalue weighted by Crippen LogP contribution is -2.29. The molecule has 1 N–H and O–H groups in total. The molecule has 0 atom stereocenters. The molecule has 0 bridgehead atoms. The van der Waals surface area contributed by atoms with E-state index in [0.29, 0.717) is 41.9 Å². The Morgan fingerprint density at radius 2 is 0.985 bits per heavy atom. The highest BCUT2D eigenvalue weighted by Gasteiger charge is 2.23. The molecule has 1 amide bonds. The zero-order chi connectivity index (χ0) is 51.8. The second-order valence-electron chi connectivity index (χ2n) is 17.2. The van der Waals surface area contributed by atoms with Crippen molar-refractivity contribution in [2.75, 3.05) is 26.2 Å². The van der Waals surface area contributed by atoms with Gasteiger partial charge >= 0.3 is 41.9 Å². The molecule has 0 unspecified atom stereocenters. The number of likely N-dealkylation sites (tertiary alicyclic amines) is 1. The van der Waals surface area contributed by atoms with Gasteiger partial charge in [-0.1, -0.05) is 61.9 Å². The lowest BCUT2D eigenvalue weighted by Gasteiger charge is -2.15. The summed E-state index contributed by atoms with van der Waals surface area (Å²) in [6.45, 7) is 22.7. The topological polar surface area (TPSA) is 267 Å². The number of aromatic nitrogens is 8. The monoisotopic (exact) mass is 967 g/mol. The maximum atomic E-state index is 12.3. The van der Waals surface area contributed by atoms with Gasteiger partial charge in [0.2, 0.25) is 17.6 Å². The molecule has 0 aliphatic carbocycles. The fourth-order valence-electron chi connectivity index (χ4n) is 5.23. The molecule has 68 heavy (non-hydrogen) atoms. The normalized spacial score (nSPS) is 12.0. The van der Waals surface area contributed by atoms with Crippen LogP contribution in [0.2, 0.25) is 17.4 Å². The van der Waals surface area contributed by atoms with Gasteiger partial charge in [-0.05, 0) is 75.4 Å². The first-order valence-corrected chi connectivity index (χ1v) is 26.1. The molecule has 3 aromatic rings. The van der Waals surface area contributed by atoms with Gasteiger partial charge in [0, 0.05) is 71.3 Å². The summed E-state index contributed by atoms with van der Waals surface area (Å²) in [5.41, 5.74) is 1.76. The molecular weight excluding hydrogens is 896 g/mol. The van der Waals surface area contributed by atoms with Crippen LogP contribution in [0.3, 0.4) is 0 Å². The summed E-state index contributed by atoms with van der Waals surface area (Å²) < 4.78 is 23.8. The predicted octanol–water partition coefficient (Wildman–Crippen LogP) is 5.89. The molecule has 5 heterocycles. The van der Waals surface area contributed by atoms with Crippen molar-refractivity contribution in [2.24, 2.45) is 17.8 Å². The van der Waals surface area contributed by atoms with Gasteiger partial charge in [0.15, 0.2) is 5.69 Å². The Bertz CT molecular complexity index is 2010. The Kier molecular flexibility index (Phi) is 32.0. The smallest absolute Gasteiger partial charge is 0.363 e. The Morgan fingerprint density at radius 1 is 0.588 bits per heavy atom. The lowest BCUT2D eigenvalue weighted by atomic mass is 10.0. The van der Waals surface area contributed by atoms with Crippen LogP contribution in [0.4, 0.5) is 0 Å². The van der Waals surface area contributed by atoms with Crippen LogP contribution >= 0.6 is 0 Å². The first-order chi connectivity index (χ1) is 31.9. The van der Waals surface area contributed by atoms with Gasteiger partial charge in [0.05, 0.1) is 0 Å². The largest absolute Gasteiger partial charge is 0.406 e. The molecule has 2 fully saturated rings. The number of hydrogen-bond acceptors (Lipinski definition) is 20. The van der Waals surface area contributed by atoms with Crippen molar-refractivity contribution in [3.8, 4) is 42.0 Å². The lowest BCUT2D eigenvalue weighted by molar-refractivity contribution is -0.134. The minimum Gasteiger partial charge on any atom is -0.406 e. The van der Waals surface area contributed by atoms with E-state index < -0.39 is 29.8 Å². The summed E-state index contributed by atoms with van der Waals surface area (Å²) in [5.74, 6) is 8.67. The van der Waals surface area contributed by atoms with Gasteiger partial charge in [-0.2, -0.15) is 0 Å². The Balaban J connectivity index is 0.000000867. The van der Waals surface area contributed by atoms with E-state index in [4.69, 9.17) is 20.6 Å². The maximum Gasteiger partial charge on any atom is 0.363 e. The van der Waals surface area contributed by atoms with E-state index >= 15 is 0 Å². The zero-order valence-electron chi connectivity index (χ0n) is 42.3. The molecule has 22 heteroatoms. The molecular formula is C46H71AlN10O11. The number of amides is 1. The van der Waals surface area contributed by atoms with Crippen LogP contribution in [-0.4, -0.2) is 122 Å². The highest BCUT2D eigenvalue weighted by atomic mass is 27.2. The molecule has 0 radical (unpaired) electrons. The Labute approximate surface area is 405 Å². The van der Waals surface area contributed by atoms with E-state index in [9.17, 15) is 28.8 Å². The van der Waals surface area contributed by atoms with Crippen LogP contribution in [0.25, 0.3) is 0 Å².